The summed E-state index contributed by atoms with van der Waals surface area (Å²) in [6, 6.07) is 12.2. The molecule has 2 saturated heterocycles. The first kappa shape index (κ1) is 21.0. The highest BCUT2D eigenvalue weighted by Gasteiger charge is 2.17. The van der Waals surface area contributed by atoms with Gasteiger partial charge in [-0.2, -0.15) is 0 Å². The van der Waals surface area contributed by atoms with Crippen LogP contribution < -0.4 is 10.2 Å². The van der Waals surface area contributed by atoms with Gasteiger partial charge < -0.3 is 24.8 Å². The highest BCUT2D eigenvalue weighted by Crippen LogP contribution is 2.31. The van der Waals surface area contributed by atoms with Crippen molar-refractivity contribution in [3.8, 4) is 11.3 Å². The van der Waals surface area contributed by atoms with Gasteiger partial charge in [-0.25, -0.2) is 4.98 Å². The molecule has 2 aliphatic rings. The number of nitrogens with one attached hydrogen (secondary N) is 2. The average Bonchev–Trinajstić information content (AvgIpc) is 3.51. The van der Waals surface area contributed by atoms with Crippen LogP contribution in [0.4, 0.5) is 11.5 Å². The van der Waals surface area contributed by atoms with Crippen molar-refractivity contribution in [3.63, 3.8) is 0 Å². The number of morpholine rings is 1. The van der Waals surface area contributed by atoms with Crippen molar-refractivity contribution in [2.75, 3.05) is 56.2 Å². The molecule has 7 nitrogen and oxygen atoms in total. The number of H-pyrrole nitrogens is 1. The number of hydrogen-bond acceptors (Lipinski definition) is 5. The van der Waals surface area contributed by atoms with Crippen molar-refractivity contribution in [1.29, 1.82) is 0 Å². The van der Waals surface area contributed by atoms with E-state index in [1.165, 1.54) is 25.9 Å². The lowest BCUT2D eigenvalue weighted by Gasteiger charge is -2.28. The third-order valence-corrected chi connectivity index (χ3v) is 6.38. The van der Waals surface area contributed by atoms with Crippen LogP contribution in [0.15, 0.2) is 42.6 Å². The topological polar surface area (TPSA) is 73.5 Å². The van der Waals surface area contributed by atoms with E-state index in [4.69, 9.17) is 9.72 Å². The summed E-state index contributed by atoms with van der Waals surface area (Å²) in [6.45, 7) is 6.33. The Morgan fingerprint density at radius 2 is 1.94 bits per heavy atom. The van der Waals surface area contributed by atoms with Gasteiger partial charge in [-0.3, -0.25) is 4.79 Å². The van der Waals surface area contributed by atoms with E-state index >= 15 is 0 Å². The van der Waals surface area contributed by atoms with Crippen LogP contribution in [0.3, 0.4) is 0 Å². The molecule has 0 atom stereocenters. The monoisotopic (exact) mass is 433 g/mol. The molecular weight excluding hydrogens is 402 g/mol. The van der Waals surface area contributed by atoms with Crippen LogP contribution in [0, 0.1) is 0 Å². The van der Waals surface area contributed by atoms with Crippen LogP contribution in [0.2, 0.25) is 0 Å². The molecule has 0 unspecified atom stereocenters. The van der Waals surface area contributed by atoms with E-state index < -0.39 is 0 Å². The number of fused-ring (bicyclic) bond motifs is 1. The number of likely N-dealkylation sites (tertiary alicyclic amines) is 1. The number of hydrogen-bond donors (Lipinski definition) is 2. The summed E-state index contributed by atoms with van der Waals surface area (Å²) in [7, 11) is 0. The molecule has 0 spiro atoms. The first-order chi connectivity index (χ1) is 15.8. The fourth-order valence-corrected chi connectivity index (χ4v) is 4.68. The number of benzene rings is 1. The fourth-order valence-electron chi connectivity index (χ4n) is 4.68. The number of nitrogens with zero attached hydrogens (tertiary/aromatic N) is 3. The molecule has 0 radical (unpaired) electrons. The van der Waals surface area contributed by atoms with E-state index in [0.29, 0.717) is 19.6 Å². The molecule has 7 heteroatoms. The van der Waals surface area contributed by atoms with Gasteiger partial charge in [0.25, 0.3) is 0 Å². The van der Waals surface area contributed by atoms with E-state index in [1.807, 2.05) is 24.4 Å². The third-order valence-electron chi connectivity index (χ3n) is 6.38. The SMILES string of the molecule is O=C(CCCN1CCCC1)Nc1cc(-c2cccc3[nH]ccc23)nc(N2CCOCC2)c1. The summed E-state index contributed by atoms with van der Waals surface area (Å²) >= 11 is 0. The van der Waals surface area contributed by atoms with Gasteiger partial charge in [-0.15, -0.1) is 0 Å². The van der Waals surface area contributed by atoms with Crippen molar-refractivity contribution in [2.24, 2.45) is 0 Å². The predicted molar refractivity (Wildman–Crippen MR) is 128 cm³/mol. The lowest BCUT2D eigenvalue weighted by Crippen LogP contribution is -2.36. The normalized spacial score (nSPS) is 17.2. The highest BCUT2D eigenvalue weighted by molar-refractivity contribution is 5.96. The molecule has 5 rings (SSSR count). The zero-order chi connectivity index (χ0) is 21.8. The largest absolute Gasteiger partial charge is 0.378 e. The Morgan fingerprint density at radius 3 is 2.78 bits per heavy atom. The van der Waals surface area contributed by atoms with E-state index in [-0.39, 0.29) is 5.91 Å². The van der Waals surface area contributed by atoms with E-state index in [2.05, 4.69) is 38.3 Å². The zero-order valence-electron chi connectivity index (χ0n) is 18.5. The first-order valence-corrected chi connectivity index (χ1v) is 11.7. The summed E-state index contributed by atoms with van der Waals surface area (Å²) in [5.41, 5.74) is 3.80. The molecule has 32 heavy (non-hydrogen) atoms. The van der Waals surface area contributed by atoms with Gasteiger partial charge in [-0.1, -0.05) is 12.1 Å². The Hall–Kier alpha value is -2.90. The smallest absolute Gasteiger partial charge is 0.224 e. The van der Waals surface area contributed by atoms with E-state index in [1.54, 1.807) is 0 Å². The van der Waals surface area contributed by atoms with Crippen LogP contribution >= 0.6 is 0 Å². The molecule has 2 aromatic heterocycles. The molecule has 2 N–H and O–H groups in total. The van der Waals surface area contributed by atoms with Crippen molar-refractivity contribution in [3.05, 3.63) is 42.6 Å². The number of aromatic amines is 1. The van der Waals surface area contributed by atoms with Gasteiger partial charge in [0, 0.05) is 53.9 Å². The van der Waals surface area contributed by atoms with Gasteiger partial charge >= 0.3 is 0 Å². The van der Waals surface area contributed by atoms with Crippen LogP contribution in [-0.2, 0) is 9.53 Å². The maximum Gasteiger partial charge on any atom is 0.224 e. The molecule has 0 saturated carbocycles. The van der Waals surface area contributed by atoms with E-state index in [0.717, 1.165) is 59.7 Å². The summed E-state index contributed by atoms with van der Waals surface area (Å²) in [4.78, 5) is 25.6. The predicted octanol–water partition coefficient (Wildman–Crippen LogP) is 3.88. The number of ether oxygens (including phenoxy) is 1. The Morgan fingerprint density at radius 1 is 1.09 bits per heavy atom. The van der Waals surface area contributed by atoms with Crippen molar-refractivity contribution >= 4 is 28.3 Å². The second-order valence-corrected chi connectivity index (χ2v) is 8.64. The number of aromatic nitrogens is 2. The number of anilines is 2. The second-order valence-electron chi connectivity index (χ2n) is 8.64. The molecule has 0 bridgehead atoms. The minimum Gasteiger partial charge on any atom is -0.378 e. The minimum atomic E-state index is 0.0640. The van der Waals surface area contributed by atoms with Crippen LogP contribution in [-0.4, -0.2) is 66.7 Å². The van der Waals surface area contributed by atoms with E-state index in [9.17, 15) is 4.79 Å². The lowest BCUT2D eigenvalue weighted by molar-refractivity contribution is -0.116. The van der Waals surface area contributed by atoms with Crippen molar-refractivity contribution in [1.82, 2.24) is 14.9 Å². The molecule has 1 aromatic carbocycles. The molecule has 168 valence electrons. The number of rotatable bonds is 7. The minimum absolute atomic E-state index is 0.0640. The number of carbonyl (C=O) groups is 1. The second kappa shape index (κ2) is 9.71. The molecule has 4 heterocycles. The van der Waals surface area contributed by atoms with Gasteiger partial charge in [0.15, 0.2) is 0 Å². The number of pyridine rings is 1. The summed E-state index contributed by atoms with van der Waals surface area (Å²) in [6.07, 6.45) is 5.94. The van der Waals surface area contributed by atoms with Gasteiger partial charge in [0.1, 0.15) is 5.82 Å². The third kappa shape index (κ3) is 4.79. The van der Waals surface area contributed by atoms with Crippen molar-refractivity contribution < 1.29 is 9.53 Å². The molecular formula is C25H31N5O2. The Labute approximate surface area is 188 Å². The summed E-state index contributed by atoms with van der Waals surface area (Å²) < 4.78 is 5.52. The van der Waals surface area contributed by atoms with Gasteiger partial charge in [-0.05, 0) is 57.1 Å². The molecule has 0 aliphatic carbocycles. The van der Waals surface area contributed by atoms with Gasteiger partial charge in [0.2, 0.25) is 5.91 Å². The molecule has 2 fully saturated rings. The van der Waals surface area contributed by atoms with Crippen LogP contribution in [0.5, 0.6) is 0 Å². The average molecular weight is 434 g/mol. The highest BCUT2D eigenvalue weighted by atomic mass is 16.5. The Kier molecular flexibility index (Phi) is 6.36. The molecule has 1 amide bonds. The van der Waals surface area contributed by atoms with Gasteiger partial charge in [0.05, 0.1) is 18.9 Å². The Balaban J connectivity index is 1.38. The van der Waals surface area contributed by atoms with Crippen LogP contribution in [0.25, 0.3) is 22.2 Å². The Bertz CT molecular complexity index is 1070. The lowest BCUT2D eigenvalue weighted by atomic mass is 10.1. The fraction of sp³-hybridized carbons (Fsp3) is 0.440. The summed E-state index contributed by atoms with van der Waals surface area (Å²) in [5, 5.41) is 4.26. The summed E-state index contributed by atoms with van der Waals surface area (Å²) in [5.74, 6) is 0.944. The van der Waals surface area contributed by atoms with Crippen molar-refractivity contribution in [2.45, 2.75) is 25.7 Å². The zero-order valence-corrected chi connectivity index (χ0v) is 18.5. The maximum absolute atomic E-state index is 12.7. The molecule has 3 aromatic rings. The first-order valence-electron chi connectivity index (χ1n) is 11.7. The maximum atomic E-state index is 12.7. The number of amides is 1. The number of carbonyl (C=O) groups excluding carboxylic acids is 1. The standard InChI is InChI=1S/C25H31N5O2/c31-25(7-4-12-29-10-1-2-11-29)27-19-17-23(20-5-3-6-22-21(20)8-9-26-22)28-24(18-19)30-13-15-32-16-14-30/h3,5-6,8-9,17-18,26H,1-2,4,7,10-16H2,(H,27,28,31). The molecule has 2 aliphatic heterocycles. The quantitative estimate of drug-likeness (QED) is 0.592. The van der Waals surface area contributed by atoms with Crippen LogP contribution in [0.1, 0.15) is 25.7 Å².